The molecule has 1 unspecified atom stereocenters. The van der Waals surface area contributed by atoms with E-state index in [4.69, 9.17) is 9.47 Å². The van der Waals surface area contributed by atoms with Gasteiger partial charge >= 0.3 is 5.97 Å². The number of aromatic nitrogens is 2. The van der Waals surface area contributed by atoms with E-state index >= 15 is 0 Å². The fourth-order valence-electron chi connectivity index (χ4n) is 1.73. The highest BCUT2D eigenvalue weighted by molar-refractivity contribution is 6.04. The number of nitrogens with one attached hydrogen (secondary N) is 1. The molecule has 1 atom stereocenters. The number of rotatable bonds is 5. The summed E-state index contributed by atoms with van der Waals surface area (Å²) in [5.41, 5.74) is -0.751. The van der Waals surface area contributed by atoms with Gasteiger partial charge in [-0.15, -0.1) is 0 Å². The maximum absolute atomic E-state index is 12.1. The largest absolute Gasteiger partial charge is 0.481 e. The Hall–Kier alpha value is -2.38. The van der Waals surface area contributed by atoms with Crippen LogP contribution in [0.4, 0.5) is 5.95 Å². The molecule has 2 N–H and O–H groups in total. The second-order valence-corrected chi connectivity index (χ2v) is 5.40. The average Bonchev–Trinajstić information content (AvgIpc) is 2.35. The third-order valence-corrected chi connectivity index (χ3v) is 2.71. The topological polar surface area (TPSA) is 111 Å². The molecule has 0 radical (unpaired) electrons. The zero-order chi connectivity index (χ0) is 16.2. The summed E-state index contributed by atoms with van der Waals surface area (Å²) in [6, 6.07) is 1.44. The number of anilines is 1. The molecule has 1 amide bonds. The fourth-order valence-corrected chi connectivity index (χ4v) is 1.73. The van der Waals surface area contributed by atoms with Crippen LogP contribution < -0.4 is 14.8 Å². The van der Waals surface area contributed by atoms with Crippen LogP contribution >= 0.6 is 0 Å². The first-order chi connectivity index (χ1) is 9.68. The van der Waals surface area contributed by atoms with E-state index in [9.17, 15) is 14.7 Å². The third kappa shape index (κ3) is 4.30. The Balaban J connectivity index is 3.04. The van der Waals surface area contributed by atoms with Crippen LogP contribution in [-0.2, 0) is 9.59 Å². The molecule has 0 aliphatic carbocycles. The van der Waals surface area contributed by atoms with Gasteiger partial charge in [-0.2, -0.15) is 9.97 Å². The van der Waals surface area contributed by atoms with E-state index in [1.807, 2.05) is 0 Å². The van der Waals surface area contributed by atoms with Gasteiger partial charge in [0.1, 0.15) is 5.92 Å². The minimum absolute atomic E-state index is 0.0771. The molecule has 1 aromatic heterocycles. The molecule has 21 heavy (non-hydrogen) atoms. The van der Waals surface area contributed by atoms with Gasteiger partial charge in [0.25, 0.3) is 0 Å². The van der Waals surface area contributed by atoms with Gasteiger partial charge in [-0.05, 0) is 5.41 Å². The zero-order valence-corrected chi connectivity index (χ0v) is 12.6. The zero-order valence-electron chi connectivity index (χ0n) is 12.6. The number of aliphatic carboxylic acids is 1. The van der Waals surface area contributed by atoms with Crippen molar-refractivity contribution in [3.05, 3.63) is 6.07 Å². The number of carbonyl (C=O) groups excluding carboxylic acids is 1. The molecule has 8 nitrogen and oxygen atoms in total. The molecule has 0 fully saturated rings. The number of methoxy groups -OCH3 is 2. The van der Waals surface area contributed by atoms with Gasteiger partial charge in [0, 0.05) is 0 Å². The standard InChI is InChI=1S/C13H19N3O5/c1-13(2,3)9(11(18)19)10(17)16-12-14-7(20-4)6-8(15-12)21-5/h6,9H,1-5H3,(H,18,19)(H,14,15,16,17). The van der Waals surface area contributed by atoms with E-state index in [1.165, 1.54) is 20.3 Å². The van der Waals surface area contributed by atoms with Gasteiger partial charge in [0.15, 0.2) is 0 Å². The van der Waals surface area contributed by atoms with Crippen LogP contribution in [0.5, 0.6) is 11.8 Å². The summed E-state index contributed by atoms with van der Waals surface area (Å²) in [6.07, 6.45) is 0. The molecule has 0 aliphatic rings. The average molecular weight is 297 g/mol. The number of hydrogen-bond donors (Lipinski definition) is 2. The molecule has 0 bridgehead atoms. The summed E-state index contributed by atoms with van der Waals surface area (Å²) < 4.78 is 9.91. The van der Waals surface area contributed by atoms with E-state index in [-0.39, 0.29) is 17.7 Å². The number of hydrogen-bond acceptors (Lipinski definition) is 6. The van der Waals surface area contributed by atoms with Crippen LogP contribution in [0.2, 0.25) is 0 Å². The second kappa shape index (κ2) is 6.38. The van der Waals surface area contributed by atoms with Crippen molar-refractivity contribution in [2.24, 2.45) is 11.3 Å². The summed E-state index contributed by atoms with van der Waals surface area (Å²) in [7, 11) is 2.81. The first kappa shape index (κ1) is 16.7. The molecule has 1 rings (SSSR count). The van der Waals surface area contributed by atoms with Crippen molar-refractivity contribution >= 4 is 17.8 Å². The number of nitrogens with zero attached hydrogens (tertiary/aromatic N) is 2. The highest BCUT2D eigenvalue weighted by Crippen LogP contribution is 2.27. The quantitative estimate of drug-likeness (QED) is 0.785. The van der Waals surface area contributed by atoms with Gasteiger partial charge in [-0.3, -0.25) is 14.9 Å². The molecule has 0 saturated heterocycles. The van der Waals surface area contributed by atoms with Crippen molar-refractivity contribution < 1.29 is 24.2 Å². The van der Waals surface area contributed by atoms with Gasteiger partial charge in [0.2, 0.25) is 23.6 Å². The Bertz CT molecular complexity index is 517. The number of carbonyl (C=O) groups is 2. The summed E-state index contributed by atoms with van der Waals surface area (Å²) in [5, 5.41) is 11.6. The lowest BCUT2D eigenvalue weighted by atomic mass is 9.80. The minimum atomic E-state index is -1.24. The maximum atomic E-state index is 12.1. The molecular formula is C13H19N3O5. The van der Waals surface area contributed by atoms with Crippen LogP contribution in [-0.4, -0.2) is 41.2 Å². The fraction of sp³-hybridized carbons (Fsp3) is 0.538. The smallest absolute Gasteiger partial charge is 0.316 e. The Kier molecular flexibility index (Phi) is 5.07. The SMILES string of the molecule is COc1cc(OC)nc(NC(=O)C(C(=O)O)C(C)(C)C)n1. The van der Waals surface area contributed by atoms with Crippen molar-refractivity contribution in [3.63, 3.8) is 0 Å². The monoisotopic (exact) mass is 297 g/mol. The summed E-state index contributed by atoms with van der Waals surface area (Å²) in [4.78, 5) is 31.3. The highest BCUT2D eigenvalue weighted by Gasteiger charge is 2.38. The van der Waals surface area contributed by atoms with E-state index in [1.54, 1.807) is 20.8 Å². The lowest BCUT2D eigenvalue weighted by molar-refractivity contribution is -0.149. The number of carboxylic acid groups (broad SMARTS) is 1. The molecule has 0 saturated carbocycles. The Morgan fingerprint density at radius 2 is 1.67 bits per heavy atom. The molecule has 0 aliphatic heterocycles. The molecule has 8 heteroatoms. The van der Waals surface area contributed by atoms with Gasteiger partial charge in [-0.25, -0.2) is 0 Å². The summed E-state index contributed by atoms with van der Waals surface area (Å²) >= 11 is 0. The van der Waals surface area contributed by atoms with Crippen LogP contribution in [0, 0.1) is 11.3 Å². The van der Waals surface area contributed by atoms with Crippen LogP contribution in [0.3, 0.4) is 0 Å². The van der Waals surface area contributed by atoms with Crippen molar-refractivity contribution in [1.29, 1.82) is 0 Å². The molecule has 0 aromatic carbocycles. The predicted octanol–water partition coefficient (Wildman–Crippen LogP) is 1.18. The normalized spacial score (nSPS) is 12.4. The Morgan fingerprint density at radius 1 is 1.19 bits per heavy atom. The van der Waals surface area contributed by atoms with E-state index < -0.39 is 23.2 Å². The van der Waals surface area contributed by atoms with Gasteiger partial charge in [0.05, 0.1) is 20.3 Å². The maximum Gasteiger partial charge on any atom is 0.316 e. The third-order valence-electron chi connectivity index (χ3n) is 2.71. The first-order valence-corrected chi connectivity index (χ1v) is 6.19. The van der Waals surface area contributed by atoms with Crippen molar-refractivity contribution in [2.45, 2.75) is 20.8 Å². The lowest BCUT2D eigenvalue weighted by Gasteiger charge is -2.25. The Morgan fingerprint density at radius 3 is 2.00 bits per heavy atom. The Labute approximate surface area is 122 Å². The molecule has 1 heterocycles. The number of carboxylic acids is 1. The second-order valence-electron chi connectivity index (χ2n) is 5.40. The minimum Gasteiger partial charge on any atom is -0.481 e. The van der Waals surface area contributed by atoms with Crippen molar-refractivity contribution in [1.82, 2.24) is 9.97 Å². The van der Waals surface area contributed by atoms with Crippen molar-refractivity contribution in [3.8, 4) is 11.8 Å². The number of amides is 1. The van der Waals surface area contributed by atoms with E-state index in [0.717, 1.165) is 0 Å². The predicted molar refractivity (Wildman–Crippen MR) is 74.3 cm³/mol. The lowest BCUT2D eigenvalue weighted by Crippen LogP contribution is -2.39. The first-order valence-electron chi connectivity index (χ1n) is 6.19. The summed E-state index contributed by atoms with van der Waals surface area (Å²) in [6.45, 7) is 5.00. The number of ether oxygens (including phenoxy) is 2. The van der Waals surface area contributed by atoms with Crippen LogP contribution in [0.15, 0.2) is 6.07 Å². The van der Waals surface area contributed by atoms with E-state index in [2.05, 4.69) is 15.3 Å². The van der Waals surface area contributed by atoms with Gasteiger partial charge in [-0.1, -0.05) is 20.8 Å². The summed E-state index contributed by atoms with van der Waals surface area (Å²) in [5.74, 6) is -2.84. The molecule has 1 aromatic rings. The molecule has 116 valence electrons. The molecular weight excluding hydrogens is 278 g/mol. The van der Waals surface area contributed by atoms with Crippen LogP contribution in [0.1, 0.15) is 20.8 Å². The van der Waals surface area contributed by atoms with Crippen LogP contribution in [0.25, 0.3) is 0 Å². The molecule has 0 spiro atoms. The van der Waals surface area contributed by atoms with Crippen molar-refractivity contribution in [2.75, 3.05) is 19.5 Å². The van der Waals surface area contributed by atoms with E-state index in [0.29, 0.717) is 0 Å². The highest BCUT2D eigenvalue weighted by atomic mass is 16.5. The van der Waals surface area contributed by atoms with Gasteiger partial charge < -0.3 is 14.6 Å².